The number of rotatable bonds is 3. The Labute approximate surface area is 165 Å². The van der Waals surface area contributed by atoms with Gasteiger partial charge in [0.1, 0.15) is 5.75 Å². The van der Waals surface area contributed by atoms with Crippen LogP contribution in [0.1, 0.15) is 25.5 Å². The molecule has 0 aliphatic rings. The molecular weight excluding hydrogens is 368 g/mol. The zero-order valence-corrected chi connectivity index (χ0v) is 16.3. The van der Waals surface area contributed by atoms with Gasteiger partial charge in [0.2, 0.25) is 0 Å². The molecule has 0 fully saturated rings. The highest BCUT2D eigenvalue weighted by Gasteiger charge is 2.19. The maximum atomic E-state index is 12.6. The van der Waals surface area contributed by atoms with Gasteiger partial charge in [-0.3, -0.25) is 5.10 Å². The van der Waals surface area contributed by atoms with Crippen LogP contribution in [-0.2, 0) is 7.05 Å². The minimum absolute atomic E-state index is 0.0142. The topological polar surface area (TPSA) is 105 Å². The Morgan fingerprint density at radius 2 is 1.90 bits per heavy atom. The number of phenolic OH excluding ortho intramolecular Hbond substituents is 1. The Hall–Kier alpha value is -3.81. The Bertz CT molecular complexity index is 1430. The summed E-state index contributed by atoms with van der Waals surface area (Å²) in [6.45, 7) is 4.14. The molecule has 0 saturated heterocycles. The molecule has 0 amide bonds. The van der Waals surface area contributed by atoms with E-state index in [1.165, 1.54) is 4.57 Å². The smallest absolute Gasteiger partial charge is 0.348 e. The number of fused-ring (bicyclic) bond motifs is 2. The van der Waals surface area contributed by atoms with Gasteiger partial charge in [-0.1, -0.05) is 13.8 Å². The summed E-state index contributed by atoms with van der Waals surface area (Å²) in [5, 5.41) is 26.6. The summed E-state index contributed by atoms with van der Waals surface area (Å²) in [5.74, 6) is 0.597. The summed E-state index contributed by atoms with van der Waals surface area (Å²) in [6, 6.07) is 11.2. The Morgan fingerprint density at radius 3 is 2.69 bits per heavy atom. The van der Waals surface area contributed by atoms with Crippen molar-refractivity contribution in [1.29, 1.82) is 0 Å². The highest BCUT2D eigenvalue weighted by Crippen LogP contribution is 2.35. The van der Waals surface area contributed by atoms with Crippen molar-refractivity contribution in [2.24, 2.45) is 7.05 Å². The molecule has 0 radical (unpaired) electrons. The number of aryl methyl sites for hydroxylation is 1. The van der Waals surface area contributed by atoms with Crippen LogP contribution in [0.3, 0.4) is 0 Å². The molecule has 2 aromatic carbocycles. The van der Waals surface area contributed by atoms with Crippen molar-refractivity contribution in [2.45, 2.75) is 19.8 Å². The van der Waals surface area contributed by atoms with E-state index in [9.17, 15) is 9.90 Å². The second-order valence-electron chi connectivity index (χ2n) is 7.54. The van der Waals surface area contributed by atoms with Crippen LogP contribution in [0.25, 0.3) is 38.9 Å². The summed E-state index contributed by atoms with van der Waals surface area (Å²) in [4.78, 5) is 12.6. The van der Waals surface area contributed by atoms with E-state index < -0.39 is 0 Å². The van der Waals surface area contributed by atoms with Gasteiger partial charge < -0.3 is 9.67 Å². The normalized spacial score (nSPS) is 11.9. The zero-order chi connectivity index (χ0) is 20.3. The van der Waals surface area contributed by atoms with Gasteiger partial charge in [-0.2, -0.15) is 10.2 Å². The lowest BCUT2D eigenvalue weighted by Crippen LogP contribution is -2.15. The quantitative estimate of drug-likeness (QED) is 0.440. The minimum atomic E-state index is -0.369. The fourth-order valence-corrected chi connectivity index (χ4v) is 3.81. The van der Waals surface area contributed by atoms with Crippen molar-refractivity contribution in [1.82, 2.24) is 29.5 Å². The number of benzene rings is 2. The fraction of sp³-hybridized carbons (Fsp3) is 0.190. The average molecular weight is 388 g/mol. The van der Waals surface area contributed by atoms with Crippen LogP contribution in [0, 0.1) is 0 Å². The number of hydrogen-bond acceptors (Lipinski definition) is 4. The first-order valence-electron chi connectivity index (χ1n) is 9.38. The number of H-pyrrole nitrogens is 2. The van der Waals surface area contributed by atoms with E-state index >= 15 is 0 Å². The maximum Gasteiger partial charge on any atom is 0.348 e. The van der Waals surface area contributed by atoms with E-state index in [1.54, 1.807) is 6.07 Å². The largest absolute Gasteiger partial charge is 0.507 e. The molecule has 8 nitrogen and oxygen atoms in total. The summed E-state index contributed by atoms with van der Waals surface area (Å²) >= 11 is 0. The van der Waals surface area contributed by atoms with E-state index in [0.29, 0.717) is 22.6 Å². The van der Waals surface area contributed by atoms with Gasteiger partial charge in [-0.15, -0.1) is 0 Å². The van der Waals surface area contributed by atoms with E-state index in [-0.39, 0.29) is 17.4 Å². The lowest BCUT2D eigenvalue weighted by molar-refractivity contribution is 0.477. The van der Waals surface area contributed by atoms with E-state index in [0.717, 1.165) is 22.0 Å². The summed E-state index contributed by atoms with van der Waals surface area (Å²) < 4.78 is 3.49. The number of aromatic amines is 2. The third-order valence-electron chi connectivity index (χ3n) is 5.32. The van der Waals surface area contributed by atoms with Crippen molar-refractivity contribution in [2.75, 3.05) is 0 Å². The number of nitrogens with zero attached hydrogens (tertiary/aromatic N) is 4. The fourth-order valence-electron chi connectivity index (χ4n) is 3.81. The molecular formula is C21H20N6O2. The SMILES string of the molecule is CC(C)c1[nH]nc2cc(O)c(-c3n[nH]c(=O)n3-c3ccc4c(ccn4C)c3)cc12. The van der Waals surface area contributed by atoms with Crippen molar-refractivity contribution in [3.63, 3.8) is 0 Å². The first-order chi connectivity index (χ1) is 13.9. The second kappa shape index (κ2) is 6.10. The van der Waals surface area contributed by atoms with Crippen molar-refractivity contribution in [3.05, 3.63) is 58.8 Å². The lowest BCUT2D eigenvalue weighted by Gasteiger charge is -2.09. The minimum Gasteiger partial charge on any atom is -0.507 e. The number of hydrogen-bond donors (Lipinski definition) is 3. The molecule has 0 spiro atoms. The average Bonchev–Trinajstić information content (AvgIpc) is 3.37. The molecule has 0 saturated carbocycles. The zero-order valence-electron chi connectivity index (χ0n) is 16.3. The molecule has 3 aromatic heterocycles. The summed E-state index contributed by atoms with van der Waals surface area (Å²) in [6.07, 6.45) is 1.97. The molecule has 8 heteroatoms. The van der Waals surface area contributed by atoms with E-state index in [1.807, 2.05) is 48.1 Å². The predicted octanol–water partition coefficient (Wildman–Crippen LogP) is 3.42. The number of aromatic hydroxyl groups is 1. The van der Waals surface area contributed by atoms with Crippen molar-refractivity contribution in [3.8, 4) is 22.8 Å². The van der Waals surface area contributed by atoms with Crippen LogP contribution in [-0.4, -0.2) is 34.6 Å². The Kier molecular flexibility index (Phi) is 3.64. The van der Waals surface area contributed by atoms with Crippen LogP contribution >= 0.6 is 0 Å². The molecule has 0 aliphatic heterocycles. The van der Waals surface area contributed by atoms with Gasteiger partial charge in [0.15, 0.2) is 5.82 Å². The molecule has 3 heterocycles. The van der Waals surface area contributed by atoms with Crippen LogP contribution < -0.4 is 5.69 Å². The first-order valence-corrected chi connectivity index (χ1v) is 9.38. The third kappa shape index (κ3) is 2.56. The van der Waals surface area contributed by atoms with Crippen LogP contribution in [0.2, 0.25) is 0 Å². The molecule has 3 N–H and O–H groups in total. The predicted molar refractivity (Wildman–Crippen MR) is 112 cm³/mol. The highest BCUT2D eigenvalue weighted by atomic mass is 16.3. The number of aromatic nitrogens is 6. The molecule has 0 unspecified atom stereocenters. The molecule has 5 aromatic rings. The second-order valence-corrected chi connectivity index (χ2v) is 7.54. The van der Waals surface area contributed by atoms with E-state index in [2.05, 4.69) is 34.2 Å². The molecule has 29 heavy (non-hydrogen) atoms. The third-order valence-corrected chi connectivity index (χ3v) is 5.32. The monoisotopic (exact) mass is 388 g/mol. The summed E-state index contributed by atoms with van der Waals surface area (Å²) in [5.41, 5.74) is 3.48. The van der Waals surface area contributed by atoms with Gasteiger partial charge in [-0.05, 0) is 36.2 Å². The van der Waals surface area contributed by atoms with Crippen LogP contribution in [0.5, 0.6) is 5.75 Å². The molecule has 146 valence electrons. The van der Waals surface area contributed by atoms with Gasteiger partial charge in [0.05, 0.1) is 16.8 Å². The van der Waals surface area contributed by atoms with Gasteiger partial charge in [0.25, 0.3) is 0 Å². The van der Waals surface area contributed by atoms with Gasteiger partial charge in [-0.25, -0.2) is 14.5 Å². The maximum absolute atomic E-state index is 12.6. The Morgan fingerprint density at radius 1 is 1.07 bits per heavy atom. The van der Waals surface area contributed by atoms with Crippen molar-refractivity contribution < 1.29 is 5.11 Å². The lowest BCUT2D eigenvalue weighted by atomic mass is 10.0. The van der Waals surface area contributed by atoms with E-state index in [4.69, 9.17) is 0 Å². The molecule has 0 bridgehead atoms. The van der Waals surface area contributed by atoms with Crippen molar-refractivity contribution >= 4 is 21.8 Å². The Balaban J connectivity index is 1.74. The molecule has 5 rings (SSSR count). The number of phenols is 1. The summed E-state index contributed by atoms with van der Waals surface area (Å²) in [7, 11) is 1.97. The number of nitrogens with one attached hydrogen (secondary N) is 2. The van der Waals surface area contributed by atoms with Crippen LogP contribution in [0.4, 0.5) is 0 Å². The van der Waals surface area contributed by atoms with Gasteiger partial charge >= 0.3 is 5.69 Å². The van der Waals surface area contributed by atoms with Crippen LogP contribution in [0.15, 0.2) is 47.4 Å². The first kappa shape index (κ1) is 17.3. The molecule has 0 atom stereocenters. The molecule has 0 aliphatic carbocycles. The van der Waals surface area contributed by atoms with Gasteiger partial charge in [0, 0.05) is 41.3 Å². The highest BCUT2D eigenvalue weighted by molar-refractivity contribution is 5.89. The standard InChI is InChI=1S/C21H20N6O2/c1-11(2)19-14-9-15(18(28)10-16(14)22-23-19)20-24-25-21(29)27(20)13-4-5-17-12(8-13)6-7-26(17)3/h4-11,28H,1-3H3,(H,22,23)(H,25,29).